The van der Waals surface area contributed by atoms with Gasteiger partial charge in [-0.2, -0.15) is 4.98 Å². The number of hydrogen-bond acceptors (Lipinski definition) is 5. The van der Waals surface area contributed by atoms with Crippen molar-refractivity contribution in [2.45, 2.75) is 13.2 Å². The van der Waals surface area contributed by atoms with Gasteiger partial charge in [0.2, 0.25) is 0 Å². The van der Waals surface area contributed by atoms with E-state index in [9.17, 15) is 0 Å². The molecule has 0 aliphatic heterocycles. The summed E-state index contributed by atoms with van der Waals surface area (Å²) in [5.74, 6) is 0. The van der Waals surface area contributed by atoms with E-state index in [1.54, 1.807) is 18.1 Å². The Morgan fingerprint density at radius 1 is 1.35 bits per heavy atom. The van der Waals surface area contributed by atoms with Gasteiger partial charge in [-0.05, 0) is 19.2 Å². The molecule has 0 aliphatic rings. The maximum atomic E-state index is 5.42. The third-order valence-electron chi connectivity index (χ3n) is 2.15. The van der Waals surface area contributed by atoms with Crippen LogP contribution in [0.15, 0.2) is 24.5 Å². The van der Waals surface area contributed by atoms with Gasteiger partial charge < -0.3 is 10.1 Å². The molecule has 0 saturated carbocycles. The fourth-order valence-corrected chi connectivity index (χ4v) is 1.41. The van der Waals surface area contributed by atoms with Crippen molar-refractivity contribution in [3.8, 4) is 6.01 Å². The summed E-state index contributed by atoms with van der Waals surface area (Å²) in [6, 6.07) is 6.22. The maximum absolute atomic E-state index is 5.42. The third kappa shape index (κ3) is 3.25. The summed E-state index contributed by atoms with van der Waals surface area (Å²) < 4.78 is 7.02. The Balaban J connectivity index is 1.96. The maximum Gasteiger partial charge on any atom is 0.335 e. The molecule has 0 aromatic carbocycles. The second-order valence-corrected chi connectivity index (χ2v) is 3.64. The molecule has 0 bridgehead atoms. The van der Waals surface area contributed by atoms with Crippen LogP contribution in [0.1, 0.15) is 11.4 Å². The average molecular weight is 233 g/mol. The van der Waals surface area contributed by atoms with Gasteiger partial charge in [0.15, 0.2) is 0 Å². The lowest BCUT2D eigenvalue weighted by molar-refractivity contribution is 0.275. The van der Waals surface area contributed by atoms with Crippen LogP contribution in [0.3, 0.4) is 0 Å². The van der Waals surface area contributed by atoms with Crippen LogP contribution in [0.4, 0.5) is 0 Å². The first kappa shape index (κ1) is 11.5. The van der Waals surface area contributed by atoms with Crippen molar-refractivity contribution in [3.05, 3.63) is 35.9 Å². The summed E-state index contributed by atoms with van der Waals surface area (Å²) in [5, 5.41) is 7.08. The van der Waals surface area contributed by atoms with E-state index in [1.807, 2.05) is 25.2 Å². The highest BCUT2D eigenvalue weighted by molar-refractivity contribution is 5.11. The van der Waals surface area contributed by atoms with Crippen molar-refractivity contribution >= 4 is 0 Å². The van der Waals surface area contributed by atoms with Gasteiger partial charge in [0.05, 0.1) is 11.4 Å². The molecule has 2 rings (SSSR count). The number of aryl methyl sites for hydroxylation is 1. The highest BCUT2D eigenvalue weighted by Crippen LogP contribution is 2.04. The zero-order valence-corrected chi connectivity index (χ0v) is 9.92. The minimum absolute atomic E-state index is 0.369. The van der Waals surface area contributed by atoms with Gasteiger partial charge in [-0.15, -0.1) is 5.10 Å². The SMILES string of the molecule is CNCc1cccc(COc2ncn(C)n2)n1. The summed E-state index contributed by atoms with van der Waals surface area (Å²) in [5.41, 5.74) is 1.85. The Kier molecular flexibility index (Phi) is 3.66. The van der Waals surface area contributed by atoms with Crippen LogP contribution < -0.4 is 10.1 Å². The standard InChI is InChI=1S/C11H15N5O/c1-12-6-9-4-3-5-10(14-9)7-17-11-13-8-16(2)15-11/h3-5,8,12H,6-7H2,1-2H3. The number of nitrogens with one attached hydrogen (secondary N) is 1. The van der Waals surface area contributed by atoms with Crippen molar-refractivity contribution in [3.63, 3.8) is 0 Å². The second-order valence-electron chi connectivity index (χ2n) is 3.64. The molecule has 0 aliphatic carbocycles. The van der Waals surface area contributed by atoms with Crippen LogP contribution >= 0.6 is 0 Å². The summed E-state index contributed by atoms with van der Waals surface area (Å²) in [7, 11) is 3.69. The van der Waals surface area contributed by atoms with Crippen molar-refractivity contribution in [2.75, 3.05) is 7.05 Å². The predicted octanol–water partition coefficient (Wildman–Crippen LogP) is 0.508. The first-order chi connectivity index (χ1) is 8.28. The molecular formula is C11H15N5O. The van der Waals surface area contributed by atoms with Crippen LogP contribution in [0, 0.1) is 0 Å². The fourth-order valence-electron chi connectivity index (χ4n) is 1.41. The molecule has 90 valence electrons. The van der Waals surface area contributed by atoms with Gasteiger partial charge in [0, 0.05) is 13.6 Å². The van der Waals surface area contributed by atoms with Crippen molar-refractivity contribution in [1.29, 1.82) is 0 Å². The Hall–Kier alpha value is -1.95. The highest BCUT2D eigenvalue weighted by atomic mass is 16.5. The van der Waals surface area contributed by atoms with Crippen LogP contribution in [0.2, 0.25) is 0 Å². The van der Waals surface area contributed by atoms with E-state index in [0.717, 1.165) is 17.9 Å². The lowest BCUT2D eigenvalue weighted by Crippen LogP contribution is -2.08. The summed E-state index contributed by atoms with van der Waals surface area (Å²) in [4.78, 5) is 8.41. The van der Waals surface area contributed by atoms with Crippen LogP contribution in [0.25, 0.3) is 0 Å². The van der Waals surface area contributed by atoms with E-state index in [2.05, 4.69) is 20.4 Å². The molecule has 2 heterocycles. The van der Waals surface area contributed by atoms with Gasteiger partial charge in [-0.1, -0.05) is 6.07 Å². The van der Waals surface area contributed by atoms with Crippen molar-refractivity contribution < 1.29 is 4.74 Å². The topological polar surface area (TPSA) is 64.9 Å². The molecule has 6 nitrogen and oxygen atoms in total. The number of ether oxygens (including phenoxy) is 1. The number of aromatic nitrogens is 4. The number of rotatable bonds is 5. The van der Waals surface area contributed by atoms with E-state index in [1.165, 1.54) is 0 Å². The average Bonchev–Trinajstić information content (AvgIpc) is 2.74. The molecule has 2 aromatic rings. The van der Waals surface area contributed by atoms with E-state index in [-0.39, 0.29) is 0 Å². The molecule has 0 unspecified atom stereocenters. The van der Waals surface area contributed by atoms with Crippen LogP contribution in [0.5, 0.6) is 6.01 Å². The van der Waals surface area contributed by atoms with Gasteiger partial charge >= 0.3 is 6.01 Å². The zero-order valence-electron chi connectivity index (χ0n) is 9.92. The minimum Gasteiger partial charge on any atom is -0.456 e. The van der Waals surface area contributed by atoms with E-state index in [4.69, 9.17) is 4.74 Å². The number of pyridine rings is 1. The summed E-state index contributed by atoms with van der Waals surface area (Å²) in [6.07, 6.45) is 1.60. The van der Waals surface area contributed by atoms with E-state index < -0.39 is 0 Å². The quantitative estimate of drug-likeness (QED) is 0.815. The van der Waals surface area contributed by atoms with Gasteiger partial charge in [0.1, 0.15) is 12.9 Å². The molecule has 0 fully saturated rings. The van der Waals surface area contributed by atoms with Gasteiger partial charge in [-0.3, -0.25) is 9.67 Å². The fraction of sp³-hybridized carbons (Fsp3) is 0.364. The van der Waals surface area contributed by atoms with E-state index >= 15 is 0 Å². The smallest absolute Gasteiger partial charge is 0.335 e. The van der Waals surface area contributed by atoms with Crippen molar-refractivity contribution in [2.24, 2.45) is 7.05 Å². The molecule has 0 spiro atoms. The second kappa shape index (κ2) is 5.40. The number of hydrogen-bond donors (Lipinski definition) is 1. The minimum atomic E-state index is 0.369. The molecule has 0 saturated heterocycles. The molecule has 2 aromatic heterocycles. The lowest BCUT2D eigenvalue weighted by Gasteiger charge is -2.04. The highest BCUT2D eigenvalue weighted by Gasteiger charge is 2.02. The molecule has 17 heavy (non-hydrogen) atoms. The van der Waals surface area contributed by atoms with E-state index in [0.29, 0.717) is 12.6 Å². The summed E-state index contributed by atoms with van der Waals surface area (Å²) >= 11 is 0. The zero-order chi connectivity index (χ0) is 12.1. The predicted molar refractivity (Wildman–Crippen MR) is 62.3 cm³/mol. The molecule has 6 heteroatoms. The molecule has 1 N–H and O–H groups in total. The van der Waals surface area contributed by atoms with Gasteiger partial charge in [0.25, 0.3) is 0 Å². The Labute approximate surface area is 99.7 Å². The van der Waals surface area contributed by atoms with Crippen molar-refractivity contribution in [1.82, 2.24) is 25.1 Å². The molecular weight excluding hydrogens is 218 g/mol. The monoisotopic (exact) mass is 233 g/mol. The molecule has 0 amide bonds. The normalized spacial score (nSPS) is 10.5. The van der Waals surface area contributed by atoms with Crippen LogP contribution in [-0.4, -0.2) is 26.8 Å². The first-order valence-corrected chi connectivity index (χ1v) is 5.36. The Morgan fingerprint density at radius 2 is 2.18 bits per heavy atom. The Bertz CT molecular complexity index is 482. The Morgan fingerprint density at radius 3 is 2.88 bits per heavy atom. The molecule has 0 atom stereocenters. The van der Waals surface area contributed by atoms with Crippen LogP contribution in [-0.2, 0) is 20.2 Å². The largest absolute Gasteiger partial charge is 0.456 e. The summed E-state index contributed by atoms with van der Waals surface area (Å²) in [6.45, 7) is 1.12. The first-order valence-electron chi connectivity index (χ1n) is 5.36. The number of nitrogens with zero attached hydrogens (tertiary/aromatic N) is 4. The third-order valence-corrected chi connectivity index (χ3v) is 2.15. The van der Waals surface area contributed by atoms with Gasteiger partial charge in [-0.25, -0.2) is 0 Å². The lowest BCUT2D eigenvalue weighted by atomic mass is 10.3. The molecule has 0 radical (unpaired) electrons.